The quantitative estimate of drug-likeness (QED) is 0.490. The largest absolute Gasteiger partial charge is 0.379 e. The Morgan fingerprint density at radius 3 is 2.47 bits per heavy atom. The van der Waals surface area contributed by atoms with E-state index in [1.165, 1.54) is 18.5 Å². The van der Waals surface area contributed by atoms with Crippen molar-refractivity contribution in [3.63, 3.8) is 0 Å². The molecular formula is C26H29N7O. The third-order valence-corrected chi connectivity index (χ3v) is 6.87. The van der Waals surface area contributed by atoms with Gasteiger partial charge in [-0.15, -0.1) is 5.10 Å². The Morgan fingerprint density at radius 2 is 1.71 bits per heavy atom. The van der Waals surface area contributed by atoms with Crippen molar-refractivity contribution in [3.8, 4) is 11.3 Å². The highest BCUT2D eigenvalue weighted by atomic mass is 16.5. The first-order valence-electron chi connectivity index (χ1n) is 12.0. The maximum Gasteiger partial charge on any atom is 0.245 e. The van der Waals surface area contributed by atoms with Crippen LogP contribution in [0.5, 0.6) is 0 Å². The Kier molecular flexibility index (Phi) is 5.83. The number of piperidine rings is 1. The molecule has 0 unspecified atom stereocenters. The zero-order chi connectivity index (χ0) is 22.7. The molecule has 0 atom stereocenters. The Morgan fingerprint density at radius 1 is 0.882 bits per heavy atom. The second-order valence-electron chi connectivity index (χ2n) is 8.92. The van der Waals surface area contributed by atoms with Gasteiger partial charge in [-0.2, -0.15) is 0 Å². The van der Waals surface area contributed by atoms with Gasteiger partial charge in [0, 0.05) is 61.6 Å². The monoisotopic (exact) mass is 455 g/mol. The molecule has 4 aromatic rings. The first-order valence-corrected chi connectivity index (χ1v) is 12.0. The number of morpholine rings is 1. The fourth-order valence-electron chi connectivity index (χ4n) is 5.01. The standard InChI is InChI=1S/C26H29N7O/c1-2-20(18-27-11-1)25-8-7-24-19-28-26(30-33(24)25)29-21-3-5-22(6-4-21)31-12-9-23(10-13-31)32-14-16-34-17-15-32/h1-8,11,18-19,23H,9-10,12-17H2,(H,29,30). The highest BCUT2D eigenvalue weighted by molar-refractivity contribution is 5.66. The Hall–Kier alpha value is -3.49. The molecule has 2 aliphatic rings. The third-order valence-electron chi connectivity index (χ3n) is 6.87. The molecule has 2 aliphatic heterocycles. The number of benzene rings is 1. The van der Waals surface area contributed by atoms with Gasteiger partial charge in [0.25, 0.3) is 0 Å². The van der Waals surface area contributed by atoms with Crippen LogP contribution in [0, 0.1) is 0 Å². The number of nitrogens with one attached hydrogen (secondary N) is 1. The molecule has 0 spiro atoms. The highest BCUT2D eigenvalue weighted by Gasteiger charge is 2.25. The van der Waals surface area contributed by atoms with Crippen molar-refractivity contribution in [1.82, 2.24) is 24.5 Å². The minimum Gasteiger partial charge on any atom is -0.379 e. The summed E-state index contributed by atoms with van der Waals surface area (Å²) in [6.07, 6.45) is 7.88. The van der Waals surface area contributed by atoms with Gasteiger partial charge in [0.05, 0.1) is 30.6 Å². The molecule has 0 saturated carbocycles. The summed E-state index contributed by atoms with van der Waals surface area (Å²) < 4.78 is 7.41. The fraction of sp³-hybridized carbons (Fsp3) is 0.346. The molecule has 6 rings (SSSR count). The molecule has 8 heteroatoms. The van der Waals surface area contributed by atoms with Gasteiger partial charge in [-0.25, -0.2) is 9.50 Å². The van der Waals surface area contributed by atoms with Crippen LogP contribution in [0.25, 0.3) is 16.8 Å². The van der Waals surface area contributed by atoms with Gasteiger partial charge in [0.15, 0.2) is 0 Å². The van der Waals surface area contributed by atoms with Gasteiger partial charge in [-0.3, -0.25) is 9.88 Å². The fourth-order valence-corrected chi connectivity index (χ4v) is 5.01. The van der Waals surface area contributed by atoms with E-state index in [1.807, 2.05) is 41.2 Å². The Bertz CT molecular complexity index is 1230. The number of aromatic nitrogens is 4. The molecule has 1 N–H and O–H groups in total. The smallest absolute Gasteiger partial charge is 0.245 e. The lowest BCUT2D eigenvalue weighted by molar-refractivity contribution is 0.0115. The van der Waals surface area contributed by atoms with Crippen LogP contribution in [0.1, 0.15) is 12.8 Å². The Balaban J connectivity index is 1.12. The number of hydrogen-bond donors (Lipinski definition) is 1. The summed E-state index contributed by atoms with van der Waals surface area (Å²) in [5.74, 6) is 0.563. The van der Waals surface area contributed by atoms with E-state index >= 15 is 0 Å². The van der Waals surface area contributed by atoms with Crippen molar-refractivity contribution in [2.75, 3.05) is 49.6 Å². The van der Waals surface area contributed by atoms with E-state index < -0.39 is 0 Å². The molecule has 1 aromatic carbocycles. The van der Waals surface area contributed by atoms with E-state index in [4.69, 9.17) is 9.84 Å². The zero-order valence-corrected chi connectivity index (χ0v) is 19.2. The summed E-state index contributed by atoms with van der Waals surface area (Å²) in [7, 11) is 0. The molecule has 0 radical (unpaired) electrons. The number of rotatable bonds is 5. The van der Waals surface area contributed by atoms with Gasteiger partial charge in [0.1, 0.15) is 0 Å². The van der Waals surface area contributed by atoms with Gasteiger partial charge in [0.2, 0.25) is 5.95 Å². The number of ether oxygens (including phenoxy) is 1. The molecule has 0 aliphatic carbocycles. The lowest BCUT2D eigenvalue weighted by Crippen LogP contribution is -2.49. The topological polar surface area (TPSA) is 70.8 Å². The minimum atomic E-state index is 0.563. The molecular weight excluding hydrogens is 426 g/mol. The number of fused-ring (bicyclic) bond motifs is 1. The second-order valence-corrected chi connectivity index (χ2v) is 8.92. The van der Waals surface area contributed by atoms with Crippen LogP contribution in [0.2, 0.25) is 0 Å². The summed E-state index contributed by atoms with van der Waals surface area (Å²) >= 11 is 0. The maximum absolute atomic E-state index is 5.51. The first kappa shape index (κ1) is 21.1. The van der Waals surface area contributed by atoms with Crippen molar-refractivity contribution in [1.29, 1.82) is 0 Å². The average molecular weight is 456 g/mol. The predicted octanol–water partition coefficient (Wildman–Crippen LogP) is 3.84. The van der Waals surface area contributed by atoms with Crippen LogP contribution >= 0.6 is 0 Å². The maximum atomic E-state index is 5.51. The SMILES string of the molecule is c1cncc(-c2ccc3cnc(Nc4ccc(N5CCC(N6CCOCC6)CC5)cc4)nn23)c1. The van der Waals surface area contributed by atoms with Crippen molar-refractivity contribution >= 4 is 22.8 Å². The molecule has 8 nitrogen and oxygen atoms in total. The van der Waals surface area contributed by atoms with Gasteiger partial charge in [-0.1, -0.05) is 0 Å². The first-order chi connectivity index (χ1) is 16.8. The minimum absolute atomic E-state index is 0.563. The van der Waals surface area contributed by atoms with Crippen LogP contribution in [0.15, 0.2) is 67.1 Å². The zero-order valence-electron chi connectivity index (χ0n) is 19.2. The van der Waals surface area contributed by atoms with E-state index in [2.05, 4.69) is 49.4 Å². The molecule has 174 valence electrons. The van der Waals surface area contributed by atoms with Crippen molar-refractivity contribution in [2.45, 2.75) is 18.9 Å². The number of pyridine rings is 1. The highest BCUT2D eigenvalue weighted by Crippen LogP contribution is 2.26. The molecule has 5 heterocycles. The lowest BCUT2D eigenvalue weighted by atomic mass is 10.0. The summed E-state index contributed by atoms with van der Waals surface area (Å²) in [4.78, 5) is 13.8. The summed E-state index contributed by atoms with van der Waals surface area (Å²) in [5, 5.41) is 8.06. The molecule has 2 saturated heterocycles. The second kappa shape index (κ2) is 9.40. The van der Waals surface area contributed by atoms with Gasteiger partial charge >= 0.3 is 0 Å². The molecule has 0 amide bonds. The molecule has 3 aromatic heterocycles. The Labute approximate surface area is 199 Å². The summed E-state index contributed by atoms with van der Waals surface area (Å²) in [6, 6.07) is 17.3. The van der Waals surface area contributed by atoms with E-state index in [-0.39, 0.29) is 0 Å². The van der Waals surface area contributed by atoms with E-state index in [1.54, 1.807) is 6.20 Å². The van der Waals surface area contributed by atoms with Gasteiger partial charge in [-0.05, 0) is 61.4 Å². The number of anilines is 3. The average Bonchev–Trinajstić information content (AvgIpc) is 3.34. The normalized spacial score (nSPS) is 17.8. The summed E-state index contributed by atoms with van der Waals surface area (Å²) in [5.41, 5.74) is 5.20. The van der Waals surface area contributed by atoms with Crippen molar-refractivity contribution < 1.29 is 4.74 Å². The van der Waals surface area contributed by atoms with Crippen molar-refractivity contribution in [2.24, 2.45) is 0 Å². The van der Waals surface area contributed by atoms with Gasteiger partial charge < -0.3 is 15.0 Å². The van der Waals surface area contributed by atoms with Crippen LogP contribution < -0.4 is 10.2 Å². The van der Waals surface area contributed by atoms with E-state index in [0.717, 1.165) is 61.9 Å². The van der Waals surface area contributed by atoms with E-state index in [0.29, 0.717) is 12.0 Å². The van der Waals surface area contributed by atoms with Crippen LogP contribution in [-0.2, 0) is 4.74 Å². The van der Waals surface area contributed by atoms with Crippen LogP contribution in [0.3, 0.4) is 0 Å². The molecule has 34 heavy (non-hydrogen) atoms. The predicted molar refractivity (Wildman–Crippen MR) is 134 cm³/mol. The number of hydrogen-bond acceptors (Lipinski definition) is 7. The third kappa shape index (κ3) is 4.34. The van der Waals surface area contributed by atoms with Crippen LogP contribution in [0.4, 0.5) is 17.3 Å². The molecule has 2 fully saturated rings. The number of nitrogens with zero attached hydrogens (tertiary/aromatic N) is 6. The lowest BCUT2D eigenvalue weighted by Gasteiger charge is -2.40. The van der Waals surface area contributed by atoms with E-state index in [9.17, 15) is 0 Å². The molecule has 0 bridgehead atoms. The summed E-state index contributed by atoms with van der Waals surface area (Å²) in [6.45, 7) is 6.09. The van der Waals surface area contributed by atoms with Crippen molar-refractivity contribution in [3.05, 3.63) is 67.1 Å². The van der Waals surface area contributed by atoms with Crippen LogP contribution in [-0.4, -0.2) is 69.9 Å².